The molecule has 87 heavy (non-hydrogen) atoms. The Morgan fingerprint density at radius 1 is 0.747 bits per heavy atom. The second-order valence-corrected chi connectivity index (χ2v) is 28.0. The van der Waals surface area contributed by atoms with Gasteiger partial charge in [0.05, 0.1) is 48.5 Å². The molecule has 4 fully saturated rings. The van der Waals surface area contributed by atoms with E-state index in [2.05, 4.69) is 90.0 Å². The van der Waals surface area contributed by atoms with Crippen molar-refractivity contribution in [3.05, 3.63) is 158 Å². The summed E-state index contributed by atoms with van der Waals surface area (Å²) in [7, 11) is 1.58. The van der Waals surface area contributed by atoms with Crippen molar-refractivity contribution in [1.29, 1.82) is 0 Å². The molecule has 3 saturated heterocycles. The standard InChI is InChI=1S/C68H81Cl2N9O6S2/c1-9-85-58-42-49(66(3,4)5)19-28-55(58)61-73-67(6,47-15-20-50(69)21-16-47)68(7,48-17-22-51(70)23-18-48)79(61)65(82)78-35-33-75(34-36-78)53-12-10-11-52(26-27-53)74-29-31-76(32-30-74)54-24-13-46(14-25-54)62(80)72-64-71-44-60(87-64)86-59-43-56(57(83-8)41-45(59)2)63(81)77-37-39-84-40-38-77/h13-25,28,41-44,52-53H,9-12,26-27,29-40H2,1-8H3,(H,71,72,80)/t52?,53?,67-,68+/m0/s1. The van der Waals surface area contributed by atoms with E-state index < -0.39 is 11.1 Å². The number of aromatic nitrogens is 1. The Bertz CT molecular complexity index is 3470. The minimum absolute atomic E-state index is 0.0762. The fourth-order valence-electron chi connectivity index (χ4n) is 13.3. The van der Waals surface area contributed by atoms with E-state index in [4.69, 9.17) is 42.4 Å². The summed E-state index contributed by atoms with van der Waals surface area (Å²) >= 11 is 16.0. The summed E-state index contributed by atoms with van der Waals surface area (Å²) in [6.07, 6.45) is 7.55. The average Bonchev–Trinajstić information content (AvgIpc) is 1.62. The fourth-order valence-corrected chi connectivity index (χ4v) is 15.5. The van der Waals surface area contributed by atoms with Gasteiger partial charge in [-0.3, -0.25) is 34.6 Å². The maximum absolute atomic E-state index is 15.8. The number of hydrogen-bond donors (Lipinski definition) is 1. The van der Waals surface area contributed by atoms with Crippen molar-refractivity contribution >= 4 is 80.8 Å². The van der Waals surface area contributed by atoms with Gasteiger partial charge in [0.15, 0.2) is 5.13 Å². The number of nitrogens with zero attached hydrogens (tertiary/aromatic N) is 8. The highest BCUT2D eigenvalue weighted by molar-refractivity contribution is 8.01. The van der Waals surface area contributed by atoms with Gasteiger partial charge in [-0.1, -0.05) is 104 Å². The van der Waals surface area contributed by atoms with E-state index in [0.717, 1.165) is 101 Å². The first-order chi connectivity index (χ1) is 41.8. The molecule has 1 saturated carbocycles. The third-order valence-corrected chi connectivity index (χ3v) is 21.3. The van der Waals surface area contributed by atoms with Crippen molar-refractivity contribution in [2.24, 2.45) is 4.99 Å². The van der Waals surface area contributed by atoms with E-state index >= 15 is 4.79 Å². The first-order valence-electron chi connectivity index (χ1n) is 30.7. The number of piperazine rings is 2. The first-order valence-corrected chi connectivity index (χ1v) is 33.1. The van der Waals surface area contributed by atoms with Crippen LogP contribution in [0.15, 0.2) is 123 Å². The Kier molecular flexibility index (Phi) is 19.0. The van der Waals surface area contributed by atoms with Crippen LogP contribution in [-0.4, -0.2) is 158 Å². The number of benzene rings is 5. The Labute approximate surface area is 531 Å². The topological polar surface area (TPSA) is 136 Å². The lowest BCUT2D eigenvalue weighted by Gasteiger charge is -2.48. The number of anilines is 2. The monoisotopic (exact) mass is 1250 g/mol. The SMILES string of the molecule is CCOc1cc(C(C)(C)C)ccc1C1=N[C@@](C)(c2ccc(Cl)cc2)[C@@](C)(c2ccc(Cl)cc2)N1C(=O)N1CCN(C2CCCC(N3CCN(c4ccc(C(=O)Nc5ncc(Sc6cc(C(=O)N7CCOCC7)c(OC)cc6C)s5)cc4)CC3)CC2)CC1. The number of amidine groups is 1. The minimum Gasteiger partial charge on any atom is -0.496 e. The normalized spacial score (nSPS) is 22.4. The number of carbonyl (C=O) groups excluding carboxylic acids is 3. The van der Waals surface area contributed by atoms with E-state index in [-0.39, 0.29) is 23.3 Å². The van der Waals surface area contributed by atoms with Crippen LogP contribution in [0.25, 0.3) is 0 Å². The summed E-state index contributed by atoms with van der Waals surface area (Å²) in [5, 5.41) is 4.76. The quantitative estimate of drug-likeness (QED) is 0.104. The van der Waals surface area contributed by atoms with Crippen LogP contribution in [0.1, 0.15) is 122 Å². The Morgan fingerprint density at radius 2 is 1.37 bits per heavy atom. The second kappa shape index (κ2) is 26.5. The summed E-state index contributed by atoms with van der Waals surface area (Å²) in [5.41, 5.74) is 4.87. The van der Waals surface area contributed by atoms with E-state index in [0.29, 0.717) is 102 Å². The predicted octanol–water partition coefficient (Wildman–Crippen LogP) is 13.5. The number of ether oxygens (including phenoxy) is 3. The van der Waals surface area contributed by atoms with Crippen molar-refractivity contribution in [3.8, 4) is 11.5 Å². The van der Waals surface area contributed by atoms with Crippen LogP contribution in [0.2, 0.25) is 10.0 Å². The van der Waals surface area contributed by atoms with Gasteiger partial charge in [0.1, 0.15) is 28.4 Å². The summed E-state index contributed by atoms with van der Waals surface area (Å²) in [4.78, 5) is 67.5. The molecule has 1 aromatic heterocycles. The average molecular weight is 1260 g/mol. The van der Waals surface area contributed by atoms with E-state index in [1.165, 1.54) is 35.9 Å². The van der Waals surface area contributed by atoms with Crippen molar-refractivity contribution in [2.75, 3.05) is 103 Å². The number of morpholine rings is 1. The number of hydrogen-bond acceptors (Lipinski definition) is 13. The second-order valence-electron chi connectivity index (χ2n) is 24.8. The Morgan fingerprint density at radius 3 is 1.98 bits per heavy atom. The summed E-state index contributed by atoms with van der Waals surface area (Å²) in [6.45, 7) is 24.1. The van der Waals surface area contributed by atoms with Crippen LogP contribution >= 0.6 is 46.3 Å². The zero-order chi connectivity index (χ0) is 61.2. The molecule has 460 valence electrons. The van der Waals surface area contributed by atoms with Crippen molar-refractivity contribution in [1.82, 2.24) is 29.5 Å². The molecule has 5 aromatic carbocycles. The molecule has 4 aliphatic heterocycles. The number of halogens is 2. The molecule has 0 spiro atoms. The van der Waals surface area contributed by atoms with E-state index in [9.17, 15) is 9.59 Å². The number of carbonyl (C=O) groups is 3. The van der Waals surface area contributed by atoms with Crippen molar-refractivity contribution in [2.45, 2.75) is 118 Å². The van der Waals surface area contributed by atoms with Gasteiger partial charge in [-0.25, -0.2) is 9.78 Å². The molecule has 11 rings (SSSR count). The number of nitrogens with one attached hydrogen (secondary N) is 1. The fraction of sp³-hybridized carbons (Fsp3) is 0.456. The summed E-state index contributed by atoms with van der Waals surface area (Å²) in [6, 6.07) is 34.7. The van der Waals surface area contributed by atoms with Gasteiger partial charge < -0.3 is 28.9 Å². The maximum Gasteiger partial charge on any atom is 0.326 e. The van der Waals surface area contributed by atoms with Gasteiger partial charge in [-0.05, 0) is 154 Å². The number of urea groups is 1. The largest absolute Gasteiger partial charge is 0.496 e. The molecule has 2 unspecified atom stereocenters. The van der Waals surface area contributed by atoms with E-state index in [1.807, 2.05) is 96.4 Å². The van der Waals surface area contributed by atoms with Gasteiger partial charge in [0, 0.05) is 104 Å². The molecule has 6 aromatic rings. The highest BCUT2D eigenvalue weighted by Crippen LogP contribution is 2.54. The van der Waals surface area contributed by atoms with Crippen molar-refractivity contribution in [3.63, 3.8) is 0 Å². The molecule has 1 aliphatic carbocycles. The Hall–Kier alpha value is -6.18. The first kappa shape index (κ1) is 62.4. The molecule has 4 atom stereocenters. The van der Waals surface area contributed by atoms with Crippen LogP contribution in [0.4, 0.5) is 15.6 Å². The smallest absolute Gasteiger partial charge is 0.326 e. The predicted molar refractivity (Wildman–Crippen MR) is 350 cm³/mol. The maximum atomic E-state index is 15.8. The number of rotatable bonds is 14. The zero-order valence-electron chi connectivity index (χ0n) is 51.4. The van der Waals surface area contributed by atoms with Gasteiger partial charge in [0.2, 0.25) is 0 Å². The molecular weight excluding hydrogens is 1170 g/mol. The molecular formula is C68H81Cl2N9O6S2. The molecule has 5 aliphatic rings. The van der Waals surface area contributed by atoms with Crippen LogP contribution in [0.3, 0.4) is 0 Å². The number of aliphatic imine (C=N–C) groups is 1. The summed E-state index contributed by atoms with van der Waals surface area (Å²) < 4.78 is 18.4. The van der Waals surface area contributed by atoms with Crippen LogP contribution in [0.5, 0.6) is 11.5 Å². The Balaban J connectivity index is 0.699. The molecule has 0 radical (unpaired) electrons. The highest BCUT2D eigenvalue weighted by atomic mass is 35.5. The lowest BCUT2D eigenvalue weighted by Crippen LogP contribution is -2.61. The third-order valence-electron chi connectivity index (χ3n) is 18.6. The molecule has 1 N–H and O–H groups in total. The molecule has 4 amide bonds. The molecule has 15 nitrogen and oxygen atoms in total. The van der Waals surface area contributed by atoms with Gasteiger partial charge in [-0.2, -0.15) is 0 Å². The van der Waals surface area contributed by atoms with Crippen LogP contribution in [0, 0.1) is 6.92 Å². The number of methoxy groups -OCH3 is 1. The van der Waals surface area contributed by atoms with Gasteiger partial charge in [-0.15, -0.1) is 0 Å². The summed E-state index contributed by atoms with van der Waals surface area (Å²) in [5.74, 6) is 1.53. The third kappa shape index (κ3) is 13.1. The number of thiazole rings is 1. The molecule has 0 bridgehead atoms. The van der Waals surface area contributed by atoms with E-state index in [1.54, 1.807) is 18.2 Å². The molecule has 5 heterocycles. The lowest BCUT2D eigenvalue weighted by atomic mass is 9.71. The van der Waals surface area contributed by atoms with Gasteiger partial charge >= 0.3 is 6.03 Å². The lowest BCUT2D eigenvalue weighted by molar-refractivity contribution is 0.0300. The minimum atomic E-state index is -0.998. The number of aryl methyl sites for hydroxylation is 1. The zero-order valence-corrected chi connectivity index (χ0v) is 54.5. The van der Waals surface area contributed by atoms with Gasteiger partial charge in [0.25, 0.3) is 11.8 Å². The highest BCUT2D eigenvalue weighted by Gasteiger charge is 2.60. The molecule has 19 heteroatoms. The van der Waals surface area contributed by atoms with Crippen molar-refractivity contribution < 1.29 is 28.6 Å². The van der Waals surface area contributed by atoms with Crippen LogP contribution < -0.4 is 19.7 Å². The number of amides is 4. The van der Waals surface area contributed by atoms with Crippen LogP contribution in [-0.2, 0) is 21.2 Å².